The number of benzene rings is 2. The number of carbonyl (C=O) groups is 1. The first-order valence-electron chi connectivity index (χ1n) is 8.00. The minimum atomic E-state index is -0.112. The van der Waals surface area contributed by atoms with Gasteiger partial charge in [0.2, 0.25) is 5.91 Å². The third-order valence-corrected chi connectivity index (χ3v) is 4.26. The van der Waals surface area contributed by atoms with Gasteiger partial charge in [0, 0.05) is 24.8 Å². The van der Waals surface area contributed by atoms with Crippen molar-refractivity contribution >= 4 is 34.6 Å². The zero-order valence-corrected chi connectivity index (χ0v) is 16.3. The standard InChI is InChI=1S/C20H17IN2O3/c1-15(24)23(14-16-7-5-6-10-19(16)26-21)18-13-22-12-11-20(18)25-17-8-3-2-4-9-17/h2-13H,14H2,1H3. The summed E-state index contributed by atoms with van der Waals surface area (Å²) in [5.74, 6) is 1.86. The Kier molecular flexibility index (Phi) is 6.06. The smallest absolute Gasteiger partial charge is 0.224 e. The molecule has 0 aliphatic heterocycles. The average molecular weight is 460 g/mol. The Morgan fingerprint density at radius 3 is 2.50 bits per heavy atom. The van der Waals surface area contributed by atoms with Crippen LogP contribution in [0.2, 0.25) is 0 Å². The van der Waals surface area contributed by atoms with Gasteiger partial charge in [-0.1, -0.05) is 36.4 Å². The fourth-order valence-corrected chi connectivity index (χ4v) is 2.95. The Labute approximate surface area is 166 Å². The second kappa shape index (κ2) is 8.66. The number of hydrogen-bond acceptors (Lipinski definition) is 4. The van der Waals surface area contributed by atoms with Gasteiger partial charge in [0.15, 0.2) is 28.8 Å². The lowest BCUT2D eigenvalue weighted by atomic mass is 10.1. The molecule has 3 aromatic rings. The van der Waals surface area contributed by atoms with Gasteiger partial charge in [0.25, 0.3) is 0 Å². The van der Waals surface area contributed by atoms with Gasteiger partial charge in [-0.2, -0.15) is 0 Å². The number of hydrogen-bond donors (Lipinski definition) is 0. The molecule has 0 aliphatic carbocycles. The number of halogens is 1. The first-order valence-corrected chi connectivity index (χ1v) is 8.88. The number of ether oxygens (including phenoxy) is 1. The second-order valence-corrected chi connectivity index (χ2v) is 5.99. The van der Waals surface area contributed by atoms with Crippen LogP contribution in [-0.2, 0) is 11.3 Å². The first-order chi connectivity index (χ1) is 12.7. The van der Waals surface area contributed by atoms with Gasteiger partial charge < -0.3 is 12.7 Å². The van der Waals surface area contributed by atoms with Crippen LogP contribution in [0.25, 0.3) is 0 Å². The monoisotopic (exact) mass is 460 g/mol. The van der Waals surface area contributed by atoms with E-state index in [1.54, 1.807) is 23.4 Å². The van der Waals surface area contributed by atoms with E-state index in [-0.39, 0.29) is 5.91 Å². The molecular formula is C20H17IN2O3. The minimum absolute atomic E-state index is 0.112. The van der Waals surface area contributed by atoms with E-state index in [9.17, 15) is 4.79 Å². The van der Waals surface area contributed by atoms with E-state index in [2.05, 4.69) is 4.98 Å². The molecule has 0 fully saturated rings. The summed E-state index contributed by atoms with van der Waals surface area (Å²) >= 11 is 1.84. The molecule has 2 aromatic carbocycles. The van der Waals surface area contributed by atoms with Crippen molar-refractivity contribution in [1.29, 1.82) is 0 Å². The molecule has 1 heterocycles. The summed E-state index contributed by atoms with van der Waals surface area (Å²) in [6.45, 7) is 1.87. The summed E-state index contributed by atoms with van der Waals surface area (Å²) in [6, 6.07) is 18.8. The van der Waals surface area contributed by atoms with Crippen molar-refractivity contribution in [3.63, 3.8) is 0 Å². The molecule has 0 spiro atoms. The van der Waals surface area contributed by atoms with Crippen LogP contribution >= 0.6 is 23.0 Å². The highest BCUT2D eigenvalue weighted by Crippen LogP contribution is 2.33. The largest absolute Gasteiger partial charge is 0.455 e. The van der Waals surface area contributed by atoms with E-state index in [1.165, 1.54) is 6.92 Å². The molecule has 0 unspecified atom stereocenters. The molecule has 26 heavy (non-hydrogen) atoms. The van der Waals surface area contributed by atoms with Gasteiger partial charge in [0.05, 0.1) is 12.7 Å². The van der Waals surface area contributed by atoms with E-state index >= 15 is 0 Å². The van der Waals surface area contributed by atoms with Crippen LogP contribution in [0.15, 0.2) is 73.1 Å². The molecule has 0 aliphatic rings. The fourth-order valence-electron chi connectivity index (χ4n) is 2.52. The van der Waals surface area contributed by atoms with Crippen molar-refractivity contribution in [2.45, 2.75) is 13.5 Å². The van der Waals surface area contributed by atoms with Crippen molar-refractivity contribution < 1.29 is 12.6 Å². The normalized spacial score (nSPS) is 10.2. The SMILES string of the molecule is CC(=O)N(Cc1ccccc1OI)c1cnccc1Oc1ccccc1. The zero-order valence-electron chi connectivity index (χ0n) is 14.1. The maximum atomic E-state index is 12.4. The molecule has 0 saturated heterocycles. The van der Waals surface area contributed by atoms with Crippen LogP contribution < -0.4 is 12.7 Å². The van der Waals surface area contributed by atoms with Crippen molar-refractivity contribution in [2.24, 2.45) is 0 Å². The van der Waals surface area contributed by atoms with Crippen LogP contribution in [0.3, 0.4) is 0 Å². The van der Waals surface area contributed by atoms with Crippen molar-refractivity contribution in [2.75, 3.05) is 4.90 Å². The Morgan fingerprint density at radius 1 is 1.04 bits per heavy atom. The van der Waals surface area contributed by atoms with Crippen molar-refractivity contribution in [1.82, 2.24) is 4.98 Å². The van der Waals surface area contributed by atoms with E-state index in [0.717, 1.165) is 5.56 Å². The van der Waals surface area contributed by atoms with Crippen LogP contribution in [0.4, 0.5) is 5.69 Å². The Morgan fingerprint density at radius 2 is 1.77 bits per heavy atom. The zero-order chi connectivity index (χ0) is 18.4. The highest BCUT2D eigenvalue weighted by Gasteiger charge is 2.19. The lowest BCUT2D eigenvalue weighted by Gasteiger charge is -2.24. The summed E-state index contributed by atoms with van der Waals surface area (Å²) in [5, 5.41) is 0. The predicted molar refractivity (Wildman–Crippen MR) is 109 cm³/mol. The quantitative estimate of drug-likeness (QED) is 0.478. The lowest BCUT2D eigenvalue weighted by Crippen LogP contribution is -2.28. The Bertz CT molecular complexity index is 887. The van der Waals surface area contributed by atoms with Gasteiger partial charge in [-0.3, -0.25) is 9.78 Å². The first kappa shape index (κ1) is 18.2. The third kappa shape index (κ3) is 4.32. The van der Waals surface area contributed by atoms with Gasteiger partial charge in [-0.05, 0) is 18.2 Å². The molecular weight excluding hydrogens is 443 g/mol. The number of rotatable bonds is 6. The van der Waals surface area contributed by atoms with Gasteiger partial charge in [-0.25, -0.2) is 0 Å². The summed E-state index contributed by atoms with van der Waals surface area (Å²) in [7, 11) is 0. The molecule has 0 atom stereocenters. The summed E-state index contributed by atoms with van der Waals surface area (Å²) in [6.07, 6.45) is 3.27. The van der Waals surface area contributed by atoms with E-state index in [0.29, 0.717) is 29.5 Å². The third-order valence-electron chi connectivity index (χ3n) is 3.79. The molecule has 1 amide bonds. The number of carbonyl (C=O) groups excluding carboxylic acids is 1. The molecule has 1 aromatic heterocycles. The molecule has 3 rings (SSSR count). The summed E-state index contributed by atoms with van der Waals surface area (Å²) in [4.78, 5) is 18.1. The van der Waals surface area contributed by atoms with Gasteiger partial charge in [-0.15, -0.1) is 0 Å². The van der Waals surface area contributed by atoms with E-state index in [1.807, 2.05) is 77.6 Å². The number of anilines is 1. The fraction of sp³-hybridized carbons (Fsp3) is 0.100. The molecule has 0 N–H and O–H groups in total. The van der Waals surface area contributed by atoms with Crippen LogP contribution in [0.5, 0.6) is 17.2 Å². The van der Waals surface area contributed by atoms with E-state index < -0.39 is 0 Å². The van der Waals surface area contributed by atoms with Crippen molar-refractivity contribution in [3.8, 4) is 17.2 Å². The summed E-state index contributed by atoms with van der Waals surface area (Å²) < 4.78 is 11.3. The molecule has 5 nitrogen and oxygen atoms in total. The maximum Gasteiger partial charge on any atom is 0.224 e. The number of pyridine rings is 1. The highest BCUT2D eigenvalue weighted by molar-refractivity contribution is 14.1. The Hall–Kier alpha value is -2.61. The average Bonchev–Trinajstić information content (AvgIpc) is 2.67. The van der Waals surface area contributed by atoms with Gasteiger partial charge >= 0.3 is 0 Å². The number of nitrogens with zero attached hydrogens (tertiary/aromatic N) is 2. The van der Waals surface area contributed by atoms with Gasteiger partial charge in [0.1, 0.15) is 17.2 Å². The second-order valence-electron chi connectivity index (χ2n) is 5.55. The molecule has 0 bridgehead atoms. The van der Waals surface area contributed by atoms with E-state index in [4.69, 9.17) is 7.80 Å². The van der Waals surface area contributed by atoms with Crippen LogP contribution in [0.1, 0.15) is 12.5 Å². The number of aromatic nitrogens is 1. The molecule has 6 heteroatoms. The minimum Gasteiger partial charge on any atom is -0.455 e. The molecule has 0 saturated carbocycles. The molecule has 0 radical (unpaired) electrons. The predicted octanol–water partition coefficient (Wildman–Crippen LogP) is 5.16. The number of amides is 1. The van der Waals surface area contributed by atoms with Crippen LogP contribution in [-0.4, -0.2) is 10.9 Å². The van der Waals surface area contributed by atoms with Crippen molar-refractivity contribution in [3.05, 3.63) is 78.6 Å². The van der Waals surface area contributed by atoms with Crippen LogP contribution in [0, 0.1) is 0 Å². The summed E-state index contributed by atoms with van der Waals surface area (Å²) in [5.41, 5.74) is 1.50. The molecule has 132 valence electrons. The Balaban J connectivity index is 1.95. The highest BCUT2D eigenvalue weighted by atomic mass is 127. The topological polar surface area (TPSA) is 51.7 Å². The lowest BCUT2D eigenvalue weighted by molar-refractivity contribution is -0.116. The number of para-hydroxylation sites is 2. The maximum absolute atomic E-state index is 12.4.